The third-order valence-electron chi connectivity index (χ3n) is 6.15. The van der Waals surface area contributed by atoms with E-state index in [-0.39, 0.29) is 41.6 Å². The zero-order valence-electron chi connectivity index (χ0n) is 19.2. The number of allylic oxidation sites excluding steroid dienone is 1. The highest BCUT2D eigenvalue weighted by molar-refractivity contribution is 6.15. The van der Waals surface area contributed by atoms with Gasteiger partial charge in [-0.15, -0.1) is 12.4 Å². The number of fused-ring (bicyclic) bond motifs is 1. The molecule has 4 rings (SSSR count). The summed E-state index contributed by atoms with van der Waals surface area (Å²) in [6.07, 6.45) is 3.18. The van der Waals surface area contributed by atoms with Gasteiger partial charge in [0.15, 0.2) is 5.76 Å². The van der Waals surface area contributed by atoms with Crippen molar-refractivity contribution in [3.8, 4) is 11.5 Å². The Morgan fingerprint density at radius 2 is 1.97 bits per heavy atom. The van der Waals surface area contributed by atoms with Crippen LogP contribution < -0.4 is 4.74 Å². The van der Waals surface area contributed by atoms with Crippen LogP contribution in [0.3, 0.4) is 0 Å². The molecule has 6 nitrogen and oxygen atoms in total. The largest absolute Gasteiger partial charge is 0.507 e. The molecular formula is C26H30ClNO5. The van der Waals surface area contributed by atoms with Gasteiger partial charge in [-0.1, -0.05) is 29.8 Å². The molecule has 0 saturated carbocycles. The summed E-state index contributed by atoms with van der Waals surface area (Å²) in [5.41, 5.74) is 3.81. The van der Waals surface area contributed by atoms with E-state index in [0.717, 1.165) is 11.1 Å². The number of nitrogens with zero attached hydrogens (tertiary/aromatic N) is 1. The maximum atomic E-state index is 13.1. The monoisotopic (exact) mass is 471 g/mol. The highest BCUT2D eigenvalue weighted by Gasteiger charge is 2.34. The Bertz CT molecular complexity index is 1090. The van der Waals surface area contributed by atoms with Crippen LogP contribution in [0.5, 0.6) is 11.5 Å². The summed E-state index contributed by atoms with van der Waals surface area (Å²) in [5.74, 6) is 0.455. The highest BCUT2D eigenvalue weighted by Crippen LogP contribution is 2.42. The van der Waals surface area contributed by atoms with Gasteiger partial charge in [0.25, 0.3) is 0 Å². The number of rotatable bonds is 5. The Morgan fingerprint density at radius 3 is 2.64 bits per heavy atom. The van der Waals surface area contributed by atoms with E-state index in [1.54, 1.807) is 12.1 Å². The van der Waals surface area contributed by atoms with Crippen LogP contribution in [0.1, 0.15) is 52.4 Å². The first kappa shape index (κ1) is 24.8. The molecule has 0 amide bonds. The first-order valence-electron chi connectivity index (χ1n) is 11.1. The third-order valence-corrected chi connectivity index (χ3v) is 6.15. The van der Waals surface area contributed by atoms with E-state index in [4.69, 9.17) is 9.47 Å². The van der Waals surface area contributed by atoms with Gasteiger partial charge in [-0.2, -0.15) is 0 Å². The van der Waals surface area contributed by atoms with Gasteiger partial charge in [-0.25, -0.2) is 0 Å². The van der Waals surface area contributed by atoms with Gasteiger partial charge >= 0.3 is 5.97 Å². The smallest absolute Gasteiger partial charge is 0.309 e. The molecule has 0 radical (unpaired) electrons. The molecule has 2 aliphatic heterocycles. The van der Waals surface area contributed by atoms with Gasteiger partial charge in [0.05, 0.1) is 23.7 Å². The summed E-state index contributed by atoms with van der Waals surface area (Å²) in [6, 6.07) is 9.50. The average molecular weight is 472 g/mol. The van der Waals surface area contributed by atoms with Crippen LogP contribution >= 0.6 is 12.4 Å². The highest BCUT2D eigenvalue weighted by atomic mass is 35.5. The molecule has 2 aromatic rings. The van der Waals surface area contributed by atoms with Gasteiger partial charge in [-0.3, -0.25) is 14.5 Å². The van der Waals surface area contributed by atoms with Gasteiger partial charge < -0.3 is 14.6 Å². The number of ketones is 1. The predicted octanol–water partition coefficient (Wildman–Crippen LogP) is 4.82. The van der Waals surface area contributed by atoms with Crippen LogP contribution in [0.2, 0.25) is 0 Å². The lowest BCUT2D eigenvalue weighted by Gasteiger charge is -2.31. The minimum Gasteiger partial charge on any atom is -0.507 e. The molecule has 0 atom stereocenters. The number of aromatic hydroxyl groups is 1. The van der Waals surface area contributed by atoms with Crippen molar-refractivity contribution in [3.05, 3.63) is 63.9 Å². The van der Waals surface area contributed by atoms with Crippen molar-refractivity contribution in [2.24, 2.45) is 5.92 Å². The quantitative estimate of drug-likeness (QED) is 0.497. The van der Waals surface area contributed by atoms with E-state index in [9.17, 15) is 14.7 Å². The molecule has 2 aromatic carbocycles. The topological polar surface area (TPSA) is 76.1 Å². The van der Waals surface area contributed by atoms with Crippen LogP contribution in [0.4, 0.5) is 0 Å². The number of ether oxygens (including phenoxy) is 2. The first-order chi connectivity index (χ1) is 15.4. The molecule has 1 fully saturated rings. The van der Waals surface area contributed by atoms with Crippen LogP contribution in [0.25, 0.3) is 6.08 Å². The molecule has 2 aliphatic rings. The Kier molecular flexibility index (Phi) is 7.82. The zero-order chi connectivity index (χ0) is 22.8. The maximum Gasteiger partial charge on any atom is 0.309 e. The van der Waals surface area contributed by atoms with E-state index >= 15 is 0 Å². The number of hydrogen-bond donors (Lipinski definition) is 1. The van der Waals surface area contributed by atoms with Crippen molar-refractivity contribution in [1.82, 2.24) is 4.90 Å². The number of carbonyl (C=O) groups is 2. The number of phenols is 1. The summed E-state index contributed by atoms with van der Waals surface area (Å²) < 4.78 is 11.2. The van der Waals surface area contributed by atoms with Gasteiger partial charge in [0, 0.05) is 6.54 Å². The number of likely N-dealkylation sites (tertiary alicyclic amines) is 1. The number of carbonyl (C=O) groups excluding carboxylic acids is 2. The fourth-order valence-electron chi connectivity index (χ4n) is 4.45. The van der Waals surface area contributed by atoms with E-state index in [1.165, 1.54) is 0 Å². The number of benzene rings is 2. The number of esters is 1. The van der Waals surface area contributed by atoms with E-state index < -0.39 is 0 Å². The van der Waals surface area contributed by atoms with Crippen LogP contribution in [0, 0.1) is 19.8 Å². The molecule has 2 heterocycles. The Morgan fingerprint density at radius 1 is 1.24 bits per heavy atom. The fourth-order valence-corrected chi connectivity index (χ4v) is 4.45. The summed E-state index contributed by atoms with van der Waals surface area (Å²) in [5, 5.41) is 10.7. The predicted molar refractivity (Wildman–Crippen MR) is 129 cm³/mol. The van der Waals surface area contributed by atoms with Gasteiger partial charge in [-0.05, 0) is 70.0 Å². The molecule has 0 unspecified atom stereocenters. The van der Waals surface area contributed by atoms with Crippen molar-refractivity contribution in [2.45, 2.75) is 40.2 Å². The Labute approximate surface area is 200 Å². The SMILES string of the molecule is CCOC(=O)C1CCN(Cc2c(O)cc(C)c3c2OC(=Cc2cccc(C)c2)C3=O)CC1.Cl. The molecule has 176 valence electrons. The van der Waals surface area contributed by atoms with Gasteiger partial charge in [0.2, 0.25) is 5.78 Å². The van der Waals surface area contributed by atoms with E-state index in [1.807, 2.05) is 45.0 Å². The van der Waals surface area contributed by atoms with Crippen LogP contribution in [-0.2, 0) is 16.1 Å². The minimum absolute atomic E-state index is 0. The molecule has 1 saturated heterocycles. The second-order valence-electron chi connectivity index (χ2n) is 8.55. The second-order valence-corrected chi connectivity index (χ2v) is 8.55. The lowest BCUT2D eigenvalue weighted by molar-refractivity contribution is -0.149. The molecule has 33 heavy (non-hydrogen) atoms. The second kappa shape index (κ2) is 10.4. The number of Topliss-reactive ketones (excluding diaryl/α,β-unsaturated/α-hetero) is 1. The molecule has 0 aliphatic carbocycles. The normalized spacial score (nSPS) is 17.4. The minimum atomic E-state index is -0.165. The standard InChI is InChI=1S/C26H29NO5.ClH/c1-4-31-26(30)19-8-10-27(11-9-19)15-20-21(28)13-17(3)23-24(29)22(32-25(20)23)14-18-7-5-6-16(2)12-18;/h5-7,12-14,19,28H,4,8-11,15H2,1-3H3;1H. The van der Waals surface area contributed by atoms with Crippen molar-refractivity contribution in [2.75, 3.05) is 19.7 Å². The fraction of sp³-hybridized carbons (Fsp3) is 0.385. The summed E-state index contributed by atoms with van der Waals surface area (Å²) in [6.45, 7) is 7.90. The molecule has 0 bridgehead atoms. The molecule has 1 N–H and O–H groups in total. The van der Waals surface area contributed by atoms with Crippen LogP contribution in [-0.4, -0.2) is 41.5 Å². The number of phenolic OH excluding ortho intramolecular Hbond substituents is 1. The Balaban J connectivity index is 0.00000306. The molecule has 7 heteroatoms. The van der Waals surface area contributed by atoms with Crippen molar-refractivity contribution < 1.29 is 24.2 Å². The number of halogens is 1. The first-order valence-corrected chi connectivity index (χ1v) is 11.1. The summed E-state index contributed by atoms with van der Waals surface area (Å²) in [7, 11) is 0. The third kappa shape index (κ3) is 5.23. The van der Waals surface area contributed by atoms with E-state index in [0.29, 0.717) is 61.5 Å². The van der Waals surface area contributed by atoms with Crippen molar-refractivity contribution in [1.29, 1.82) is 0 Å². The average Bonchev–Trinajstić information content (AvgIpc) is 3.08. The van der Waals surface area contributed by atoms with Crippen molar-refractivity contribution in [3.63, 3.8) is 0 Å². The number of aryl methyl sites for hydroxylation is 2. The summed E-state index contributed by atoms with van der Waals surface area (Å²) >= 11 is 0. The zero-order valence-corrected chi connectivity index (χ0v) is 20.0. The lowest BCUT2D eigenvalue weighted by Crippen LogP contribution is -2.36. The molecule has 0 aromatic heterocycles. The molecular weight excluding hydrogens is 442 g/mol. The van der Waals surface area contributed by atoms with Crippen molar-refractivity contribution >= 4 is 30.2 Å². The lowest BCUT2D eigenvalue weighted by atomic mass is 9.95. The van der Waals surface area contributed by atoms with Gasteiger partial charge in [0.1, 0.15) is 11.5 Å². The van der Waals surface area contributed by atoms with Crippen LogP contribution in [0.15, 0.2) is 36.1 Å². The molecule has 0 spiro atoms. The summed E-state index contributed by atoms with van der Waals surface area (Å²) in [4.78, 5) is 27.3. The Hall–Kier alpha value is -2.83. The number of hydrogen-bond acceptors (Lipinski definition) is 6. The maximum absolute atomic E-state index is 13.1. The number of piperidine rings is 1. The van der Waals surface area contributed by atoms with E-state index in [2.05, 4.69) is 4.90 Å².